The number of para-hydroxylation sites is 1. The molecule has 1 unspecified atom stereocenters. The molecule has 1 N–H and O–H groups in total. The molecule has 5 nitrogen and oxygen atoms in total. The minimum absolute atomic E-state index is 0.174. The van der Waals surface area contributed by atoms with Gasteiger partial charge in [0.2, 0.25) is 5.91 Å². The fourth-order valence-corrected chi connectivity index (χ4v) is 5.25. The van der Waals surface area contributed by atoms with Gasteiger partial charge in [0.15, 0.2) is 0 Å². The fourth-order valence-electron chi connectivity index (χ4n) is 5.25. The van der Waals surface area contributed by atoms with Gasteiger partial charge in [0.25, 0.3) is 0 Å². The molecule has 0 spiro atoms. The average molecular weight is 402 g/mol. The minimum atomic E-state index is -0.269. The zero-order valence-corrected chi connectivity index (χ0v) is 18.2. The van der Waals surface area contributed by atoms with Gasteiger partial charge in [0, 0.05) is 18.0 Å². The summed E-state index contributed by atoms with van der Waals surface area (Å²) in [5.41, 5.74) is 1.16. The van der Waals surface area contributed by atoms with Crippen LogP contribution in [-0.4, -0.2) is 31.6 Å². The van der Waals surface area contributed by atoms with Crippen LogP contribution >= 0.6 is 0 Å². The second kappa shape index (κ2) is 9.19. The van der Waals surface area contributed by atoms with Crippen molar-refractivity contribution in [1.82, 2.24) is 5.32 Å². The van der Waals surface area contributed by atoms with E-state index in [0.717, 1.165) is 36.5 Å². The van der Waals surface area contributed by atoms with Crippen LogP contribution in [0.2, 0.25) is 0 Å². The quantitative estimate of drug-likeness (QED) is 0.632. The molecule has 1 aromatic carbocycles. The Morgan fingerprint density at radius 2 is 1.97 bits per heavy atom. The summed E-state index contributed by atoms with van der Waals surface area (Å²) in [5.74, 6) is 2.38. The van der Waals surface area contributed by atoms with Crippen molar-refractivity contribution < 1.29 is 19.1 Å². The molecule has 0 aromatic heterocycles. The molecule has 3 saturated carbocycles. The summed E-state index contributed by atoms with van der Waals surface area (Å²) in [7, 11) is 1.40. The molecule has 2 bridgehead atoms. The molecule has 3 aliphatic rings. The summed E-state index contributed by atoms with van der Waals surface area (Å²) in [6, 6.07) is 7.87. The van der Waals surface area contributed by atoms with Gasteiger partial charge in [-0.1, -0.05) is 39.0 Å². The lowest BCUT2D eigenvalue weighted by molar-refractivity contribution is -0.139. The minimum Gasteiger partial charge on any atom is -0.493 e. The number of fused-ring (bicyclic) bond motifs is 2. The predicted molar refractivity (Wildman–Crippen MR) is 113 cm³/mol. The van der Waals surface area contributed by atoms with Gasteiger partial charge in [-0.15, -0.1) is 0 Å². The number of ether oxygens (including phenoxy) is 2. The topological polar surface area (TPSA) is 64.6 Å². The molecule has 0 aliphatic heterocycles. The van der Waals surface area contributed by atoms with Crippen LogP contribution in [0.25, 0.3) is 0 Å². The number of benzene rings is 1. The molecule has 5 heteroatoms. The highest BCUT2D eigenvalue weighted by Gasteiger charge is 2.57. The third-order valence-corrected chi connectivity index (χ3v) is 7.16. The predicted octanol–water partition coefficient (Wildman–Crippen LogP) is 4.14. The Morgan fingerprint density at radius 1 is 1.21 bits per heavy atom. The molecular weight excluding hydrogens is 366 g/mol. The maximum Gasteiger partial charge on any atom is 0.310 e. The van der Waals surface area contributed by atoms with Crippen molar-refractivity contribution in [2.75, 3.05) is 13.7 Å². The van der Waals surface area contributed by atoms with Crippen LogP contribution < -0.4 is 10.1 Å². The van der Waals surface area contributed by atoms with Crippen molar-refractivity contribution >= 4 is 11.9 Å². The summed E-state index contributed by atoms with van der Waals surface area (Å²) >= 11 is 0. The Kier molecular flexibility index (Phi) is 6.86. The van der Waals surface area contributed by atoms with Gasteiger partial charge in [-0.2, -0.15) is 0 Å². The summed E-state index contributed by atoms with van der Waals surface area (Å²) in [6.45, 7) is 7.32. The van der Waals surface area contributed by atoms with E-state index in [1.165, 1.54) is 13.5 Å². The molecule has 0 heterocycles. The van der Waals surface area contributed by atoms with E-state index in [1.807, 2.05) is 31.2 Å². The Balaban J connectivity index is 1.61. The first-order valence-corrected chi connectivity index (χ1v) is 10.9. The maximum atomic E-state index is 12.3. The van der Waals surface area contributed by atoms with E-state index in [-0.39, 0.29) is 24.3 Å². The monoisotopic (exact) mass is 401 g/mol. The van der Waals surface area contributed by atoms with Crippen molar-refractivity contribution in [3.63, 3.8) is 0 Å². The molecule has 1 aromatic rings. The summed E-state index contributed by atoms with van der Waals surface area (Å²) in [4.78, 5) is 24.0. The van der Waals surface area contributed by atoms with Gasteiger partial charge in [0.1, 0.15) is 5.75 Å². The van der Waals surface area contributed by atoms with Gasteiger partial charge in [-0.3, -0.25) is 9.59 Å². The lowest BCUT2D eigenvalue weighted by Gasteiger charge is -2.62. The number of carbonyl (C=O) groups is 2. The largest absolute Gasteiger partial charge is 0.493 e. The molecule has 160 valence electrons. The smallest absolute Gasteiger partial charge is 0.310 e. The van der Waals surface area contributed by atoms with Crippen molar-refractivity contribution in [2.24, 2.45) is 23.2 Å². The van der Waals surface area contributed by atoms with Gasteiger partial charge in [-0.05, 0) is 54.9 Å². The first kappa shape index (κ1) is 21.7. The highest BCUT2D eigenvalue weighted by atomic mass is 16.5. The van der Waals surface area contributed by atoms with E-state index in [9.17, 15) is 9.59 Å². The molecular formula is C24H35NO4. The van der Waals surface area contributed by atoms with Crippen molar-refractivity contribution in [3.05, 3.63) is 29.8 Å². The van der Waals surface area contributed by atoms with Crippen LogP contribution in [0.4, 0.5) is 0 Å². The number of carbonyl (C=O) groups excluding carboxylic acids is 2. The zero-order valence-electron chi connectivity index (χ0n) is 18.2. The van der Waals surface area contributed by atoms with Crippen molar-refractivity contribution in [2.45, 2.75) is 65.3 Å². The highest BCUT2D eigenvalue weighted by molar-refractivity contribution is 5.76. The molecule has 29 heavy (non-hydrogen) atoms. The van der Waals surface area contributed by atoms with Crippen LogP contribution in [0.3, 0.4) is 0 Å². The lowest BCUT2D eigenvalue weighted by atomic mass is 9.44. The highest BCUT2D eigenvalue weighted by Crippen LogP contribution is 2.61. The Morgan fingerprint density at radius 3 is 2.66 bits per heavy atom. The number of hydrogen-bond acceptors (Lipinski definition) is 4. The van der Waals surface area contributed by atoms with E-state index in [1.54, 1.807) is 0 Å². The summed E-state index contributed by atoms with van der Waals surface area (Å²) in [6.07, 6.45) is 4.96. The number of esters is 1. The molecule has 4 rings (SSSR count). The van der Waals surface area contributed by atoms with E-state index >= 15 is 0 Å². The lowest BCUT2D eigenvalue weighted by Crippen LogP contribution is -2.63. The number of amides is 1. The van der Waals surface area contributed by atoms with Crippen LogP contribution in [0.15, 0.2) is 24.3 Å². The third-order valence-electron chi connectivity index (χ3n) is 7.16. The van der Waals surface area contributed by atoms with Crippen molar-refractivity contribution in [3.8, 4) is 5.75 Å². The zero-order chi connectivity index (χ0) is 21.0. The van der Waals surface area contributed by atoms with Gasteiger partial charge in [-0.25, -0.2) is 0 Å². The van der Waals surface area contributed by atoms with Crippen LogP contribution in [-0.2, 0) is 20.7 Å². The molecule has 0 saturated heterocycles. The molecule has 3 fully saturated rings. The fraction of sp³-hybridized carbons (Fsp3) is 0.667. The molecule has 0 radical (unpaired) electrons. The van der Waals surface area contributed by atoms with Crippen LogP contribution in [0.5, 0.6) is 5.75 Å². The second-order valence-electron chi connectivity index (χ2n) is 9.20. The van der Waals surface area contributed by atoms with Crippen LogP contribution in [0.1, 0.15) is 58.4 Å². The Bertz CT molecular complexity index is 729. The first-order chi connectivity index (χ1) is 13.9. The normalized spacial score (nSPS) is 26.9. The first-order valence-electron chi connectivity index (χ1n) is 10.9. The van der Waals surface area contributed by atoms with Gasteiger partial charge in [0.05, 0.1) is 20.1 Å². The maximum absolute atomic E-state index is 12.3. The van der Waals surface area contributed by atoms with E-state index in [0.29, 0.717) is 30.3 Å². The van der Waals surface area contributed by atoms with Crippen molar-refractivity contribution in [1.29, 1.82) is 0 Å². The van der Waals surface area contributed by atoms with Crippen LogP contribution in [0, 0.1) is 23.2 Å². The standard InChI is InChI=1S/C24H35NO4/c1-5-8-21(26)25-23-17(13-18-15-19(23)24(18,2)3)11-12-29-20-10-7-6-9-16(20)14-22(27)28-4/h6-7,9-10,17-19,23H,5,8,11-15H2,1-4H3,(H,25,26)/t17-,18-,19-,23?/m0/s1. The number of rotatable bonds is 9. The SMILES string of the molecule is CCCC(=O)NC1[C@@H](CCOc2ccccc2CC(=O)OC)C[C@H]2C[C@@H]1C2(C)C. The van der Waals surface area contributed by atoms with E-state index in [2.05, 4.69) is 19.2 Å². The number of nitrogens with one attached hydrogen (secondary N) is 1. The molecule has 1 amide bonds. The van der Waals surface area contributed by atoms with E-state index < -0.39 is 0 Å². The van der Waals surface area contributed by atoms with Gasteiger partial charge >= 0.3 is 5.97 Å². The van der Waals surface area contributed by atoms with Gasteiger partial charge < -0.3 is 14.8 Å². The second-order valence-corrected chi connectivity index (χ2v) is 9.20. The Labute approximate surface area is 174 Å². The van der Waals surface area contributed by atoms with E-state index in [4.69, 9.17) is 9.47 Å². The summed E-state index contributed by atoms with van der Waals surface area (Å²) in [5, 5.41) is 3.35. The number of methoxy groups -OCH3 is 1. The third kappa shape index (κ3) is 4.76. The summed E-state index contributed by atoms with van der Waals surface area (Å²) < 4.78 is 10.8. The number of hydrogen-bond donors (Lipinski definition) is 1. The molecule has 4 atom stereocenters. The average Bonchev–Trinajstić information content (AvgIpc) is 2.69. The Hall–Kier alpha value is -2.04. The molecule has 3 aliphatic carbocycles.